The van der Waals surface area contributed by atoms with Crippen LogP contribution in [0.3, 0.4) is 0 Å². The molecule has 154 valence electrons. The van der Waals surface area contributed by atoms with Gasteiger partial charge < -0.3 is 10.6 Å². The van der Waals surface area contributed by atoms with Crippen LogP contribution in [0.25, 0.3) is 5.57 Å². The topological polar surface area (TPSA) is 63.4 Å². The highest BCUT2D eigenvalue weighted by molar-refractivity contribution is 6.06. The van der Waals surface area contributed by atoms with Crippen molar-refractivity contribution < 1.29 is 9.59 Å². The number of carbonyl (C=O) groups is 2. The van der Waals surface area contributed by atoms with Crippen LogP contribution < -0.4 is 10.6 Å². The average molecular weight is 393 g/mol. The summed E-state index contributed by atoms with van der Waals surface area (Å²) >= 11 is 0. The first kappa shape index (κ1) is 21.1. The van der Waals surface area contributed by atoms with Crippen LogP contribution in [0.5, 0.6) is 0 Å². The molecule has 0 bridgehead atoms. The molecule has 29 heavy (non-hydrogen) atoms. The van der Waals surface area contributed by atoms with Gasteiger partial charge in [-0.1, -0.05) is 81.5 Å². The Balaban J connectivity index is 1.42. The van der Waals surface area contributed by atoms with E-state index >= 15 is 0 Å². The van der Waals surface area contributed by atoms with E-state index in [1.54, 1.807) is 0 Å². The van der Waals surface area contributed by atoms with E-state index < -0.39 is 0 Å². The molecule has 1 heterocycles. The number of rotatable bonds is 11. The van der Waals surface area contributed by atoms with Gasteiger partial charge in [-0.25, -0.2) is 0 Å². The van der Waals surface area contributed by atoms with Crippen LogP contribution in [0, 0.1) is 0 Å². The number of allylic oxidation sites excluding steroid dienone is 2. The van der Waals surface area contributed by atoms with Gasteiger partial charge in [0, 0.05) is 18.4 Å². The van der Waals surface area contributed by atoms with E-state index in [4.69, 9.17) is 5.73 Å². The summed E-state index contributed by atoms with van der Waals surface area (Å²) in [5.41, 5.74) is 9.46. The lowest BCUT2D eigenvalue weighted by atomic mass is 9.93. The summed E-state index contributed by atoms with van der Waals surface area (Å²) < 4.78 is 0. The molecular formula is C25H32N2O2. The molecule has 2 N–H and O–H groups in total. The second-order valence-electron chi connectivity index (χ2n) is 8.03. The van der Waals surface area contributed by atoms with E-state index in [9.17, 15) is 9.59 Å². The lowest BCUT2D eigenvalue weighted by Crippen LogP contribution is -2.38. The van der Waals surface area contributed by atoms with E-state index in [0.29, 0.717) is 12.8 Å². The number of amides is 2. The quantitative estimate of drug-likeness (QED) is 0.520. The van der Waals surface area contributed by atoms with Crippen LogP contribution in [0.2, 0.25) is 0 Å². The van der Waals surface area contributed by atoms with E-state index in [-0.39, 0.29) is 17.9 Å². The average Bonchev–Trinajstić information content (AvgIpc) is 3.05. The third kappa shape index (κ3) is 5.26. The highest BCUT2D eigenvalue weighted by Gasteiger charge is 2.38. The summed E-state index contributed by atoms with van der Waals surface area (Å²) in [5, 5.41) is 0. The van der Waals surface area contributed by atoms with Crippen molar-refractivity contribution in [3.63, 3.8) is 0 Å². The van der Waals surface area contributed by atoms with Crippen LogP contribution in [0.1, 0.15) is 69.8 Å². The maximum Gasteiger partial charge on any atom is 0.227 e. The second kappa shape index (κ2) is 10.2. The molecule has 0 saturated carbocycles. The fourth-order valence-corrected chi connectivity index (χ4v) is 4.30. The smallest absolute Gasteiger partial charge is 0.227 e. The molecular weight excluding hydrogens is 360 g/mol. The van der Waals surface area contributed by atoms with Gasteiger partial charge in [0.2, 0.25) is 11.8 Å². The largest absolute Gasteiger partial charge is 0.370 e. The number of benzene rings is 1. The van der Waals surface area contributed by atoms with Gasteiger partial charge in [0.05, 0.1) is 11.7 Å². The molecule has 0 saturated heterocycles. The first-order valence-corrected chi connectivity index (χ1v) is 10.9. The van der Waals surface area contributed by atoms with Gasteiger partial charge in [-0.3, -0.25) is 9.59 Å². The maximum absolute atomic E-state index is 13.1. The SMILES string of the molecule is C=C1C=CC=C2c3ccccc3N(C(=O)CCCCCCCCCCC(N)=O)C12. The van der Waals surface area contributed by atoms with Crippen molar-refractivity contribution in [2.75, 3.05) is 4.90 Å². The number of nitrogens with zero attached hydrogens (tertiary/aromatic N) is 1. The zero-order valence-electron chi connectivity index (χ0n) is 17.2. The highest BCUT2D eigenvalue weighted by atomic mass is 16.2. The molecule has 0 aromatic heterocycles. The lowest BCUT2D eigenvalue weighted by Gasteiger charge is -2.28. The molecule has 2 amide bonds. The molecule has 1 aromatic carbocycles. The minimum absolute atomic E-state index is 0.0506. The molecule has 0 fully saturated rings. The Bertz CT molecular complexity index is 822. The van der Waals surface area contributed by atoms with E-state index in [1.807, 2.05) is 35.3 Å². The summed E-state index contributed by atoms with van der Waals surface area (Å²) in [6.45, 7) is 4.19. The Hall–Kier alpha value is -2.62. The van der Waals surface area contributed by atoms with Crippen molar-refractivity contribution in [2.24, 2.45) is 5.73 Å². The van der Waals surface area contributed by atoms with Crippen molar-refractivity contribution in [2.45, 2.75) is 70.3 Å². The molecule has 1 aliphatic heterocycles. The summed E-state index contributed by atoms with van der Waals surface area (Å²) in [6.07, 6.45) is 15.9. The van der Waals surface area contributed by atoms with Crippen LogP contribution in [0.4, 0.5) is 5.69 Å². The first-order valence-electron chi connectivity index (χ1n) is 10.9. The van der Waals surface area contributed by atoms with Crippen LogP contribution >= 0.6 is 0 Å². The zero-order chi connectivity index (χ0) is 20.6. The number of para-hydroxylation sites is 1. The molecule has 4 heteroatoms. The third-order valence-corrected chi connectivity index (χ3v) is 5.80. The second-order valence-corrected chi connectivity index (χ2v) is 8.03. The number of primary amides is 1. The van der Waals surface area contributed by atoms with Gasteiger partial charge >= 0.3 is 0 Å². The minimum atomic E-state index is -0.203. The summed E-state index contributed by atoms with van der Waals surface area (Å²) in [5.74, 6) is -0.0144. The predicted molar refractivity (Wildman–Crippen MR) is 119 cm³/mol. The Morgan fingerprint density at radius 2 is 1.55 bits per heavy atom. The molecule has 4 nitrogen and oxygen atoms in total. The van der Waals surface area contributed by atoms with Gasteiger partial charge in [-0.2, -0.15) is 0 Å². The third-order valence-electron chi connectivity index (χ3n) is 5.80. The monoisotopic (exact) mass is 392 g/mol. The lowest BCUT2D eigenvalue weighted by molar-refractivity contribution is -0.119. The van der Waals surface area contributed by atoms with Crippen LogP contribution in [-0.2, 0) is 9.59 Å². The van der Waals surface area contributed by atoms with Crippen molar-refractivity contribution in [1.82, 2.24) is 0 Å². The van der Waals surface area contributed by atoms with Crippen molar-refractivity contribution in [3.8, 4) is 0 Å². The number of carbonyl (C=O) groups excluding carboxylic acids is 2. The summed E-state index contributed by atoms with van der Waals surface area (Å²) in [4.78, 5) is 25.7. The summed E-state index contributed by atoms with van der Waals surface area (Å²) in [6, 6.07) is 8.11. The van der Waals surface area contributed by atoms with E-state index in [1.165, 1.54) is 18.4 Å². The number of anilines is 1. The normalized spacial score (nSPS) is 17.1. The predicted octanol–water partition coefficient (Wildman–Crippen LogP) is 5.30. The molecule has 0 spiro atoms. The van der Waals surface area contributed by atoms with E-state index in [2.05, 4.69) is 18.7 Å². The zero-order valence-corrected chi connectivity index (χ0v) is 17.2. The fraction of sp³-hybridized carbons (Fsp3) is 0.440. The van der Waals surface area contributed by atoms with Crippen molar-refractivity contribution >= 4 is 23.1 Å². The number of fused-ring (bicyclic) bond motifs is 3. The van der Waals surface area contributed by atoms with Gasteiger partial charge in [-0.05, 0) is 30.1 Å². The Morgan fingerprint density at radius 3 is 2.24 bits per heavy atom. The Morgan fingerprint density at radius 1 is 0.931 bits per heavy atom. The number of hydrogen-bond acceptors (Lipinski definition) is 2. The number of nitrogens with two attached hydrogens (primary N) is 1. The maximum atomic E-state index is 13.1. The van der Waals surface area contributed by atoms with Crippen molar-refractivity contribution in [3.05, 3.63) is 60.2 Å². The molecule has 0 radical (unpaired) electrons. The summed E-state index contributed by atoms with van der Waals surface area (Å²) in [7, 11) is 0. The minimum Gasteiger partial charge on any atom is -0.370 e. The Labute approximate surface area is 174 Å². The van der Waals surface area contributed by atoms with Gasteiger partial charge in [0.25, 0.3) is 0 Å². The van der Waals surface area contributed by atoms with Gasteiger partial charge in [0.15, 0.2) is 0 Å². The molecule has 2 aliphatic rings. The standard InChI is InChI=1S/C25H32N2O2/c1-19-13-12-15-21-20-14-10-11-16-22(20)27(25(19)21)24(29)18-9-7-5-3-2-4-6-8-17-23(26)28/h10-16,25H,1-9,17-18H2,(H2,26,28). The molecule has 3 rings (SSSR count). The molecule has 1 unspecified atom stereocenters. The van der Waals surface area contributed by atoms with E-state index in [0.717, 1.165) is 55.3 Å². The van der Waals surface area contributed by atoms with Crippen LogP contribution in [0.15, 0.2) is 54.6 Å². The van der Waals surface area contributed by atoms with Crippen LogP contribution in [-0.4, -0.2) is 17.9 Å². The fourth-order valence-electron chi connectivity index (χ4n) is 4.30. The Kier molecular flexibility index (Phi) is 7.45. The number of hydrogen-bond donors (Lipinski definition) is 1. The van der Waals surface area contributed by atoms with Crippen molar-refractivity contribution in [1.29, 1.82) is 0 Å². The highest BCUT2D eigenvalue weighted by Crippen LogP contribution is 2.44. The van der Waals surface area contributed by atoms with Gasteiger partial charge in [-0.15, -0.1) is 0 Å². The van der Waals surface area contributed by atoms with Gasteiger partial charge in [0.1, 0.15) is 0 Å². The first-order chi connectivity index (χ1) is 14.1. The molecule has 1 atom stereocenters. The number of unbranched alkanes of at least 4 members (excludes halogenated alkanes) is 7. The molecule has 1 aliphatic carbocycles. The molecule has 1 aromatic rings.